The van der Waals surface area contributed by atoms with E-state index in [0.29, 0.717) is 35.3 Å². The predicted molar refractivity (Wildman–Crippen MR) is 143 cm³/mol. The van der Waals surface area contributed by atoms with Gasteiger partial charge in [-0.2, -0.15) is 4.98 Å². The molecule has 0 aliphatic carbocycles. The average Bonchev–Trinajstić information content (AvgIpc) is 3.42. The number of nitrogens with zero attached hydrogens (tertiary/aromatic N) is 4. The van der Waals surface area contributed by atoms with Crippen LogP contribution in [0.3, 0.4) is 0 Å². The second-order valence-corrected chi connectivity index (χ2v) is 9.54. The fourth-order valence-electron chi connectivity index (χ4n) is 4.74. The number of hydrogen-bond acceptors (Lipinski definition) is 5. The van der Waals surface area contributed by atoms with Crippen LogP contribution in [0, 0.1) is 0 Å². The molecule has 1 aromatic heterocycles. The van der Waals surface area contributed by atoms with Gasteiger partial charge in [0.15, 0.2) is 0 Å². The second kappa shape index (κ2) is 11.0. The molecule has 188 valence electrons. The molecule has 37 heavy (non-hydrogen) atoms. The molecule has 1 atom stereocenters. The summed E-state index contributed by atoms with van der Waals surface area (Å²) in [4.78, 5) is 34.8. The van der Waals surface area contributed by atoms with Crippen LogP contribution in [0.25, 0.3) is 22.2 Å². The van der Waals surface area contributed by atoms with E-state index in [-0.39, 0.29) is 30.9 Å². The van der Waals surface area contributed by atoms with Gasteiger partial charge in [-0.1, -0.05) is 65.3 Å². The highest BCUT2D eigenvalue weighted by Gasteiger charge is 2.33. The molecule has 1 aliphatic heterocycles. The van der Waals surface area contributed by atoms with Gasteiger partial charge in [0.2, 0.25) is 17.6 Å². The monoisotopic (exact) mass is 514 g/mol. The van der Waals surface area contributed by atoms with Crippen molar-refractivity contribution < 1.29 is 14.1 Å². The van der Waals surface area contributed by atoms with Crippen LogP contribution in [0.5, 0.6) is 0 Å². The fraction of sp³-hybridized carbons (Fsp3) is 0.241. The van der Waals surface area contributed by atoms with Crippen LogP contribution in [-0.4, -0.2) is 51.4 Å². The first-order valence-corrected chi connectivity index (χ1v) is 12.7. The molecule has 8 heteroatoms. The number of hydrogen-bond donors (Lipinski definition) is 0. The van der Waals surface area contributed by atoms with Crippen molar-refractivity contribution in [3.63, 3.8) is 0 Å². The van der Waals surface area contributed by atoms with Crippen LogP contribution < -0.4 is 0 Å². The molecule has 1 saturated heterocycles. The summed E-state index contributed by atoms with van der Waals surface area (Å²) in [5.41, 5.74) is 1.28. The minimum absolute atomic E-state index is 0.0660. The number of likely N-dealkylation sites (tertiary alicyclic amines) is 1. The maximum atomic E-state index is 13.5. The highest BCUT2D eigenvalue weighted by atomic mass is 35.5. The molecule has 3 aromatic carbocycles. The Morgan fingerprint density at radius 3 is 2.73 bits per heavy atom. The van der Waals surface area contributed by atoms with Gasteiger partial charge in [0.05, 0.1) is 0 Å². The Morgan fingerprint density at radius 2 is 1.92 bits per heavy atom. The number of carbonyl (C=O) groups excluding carboxylic acids is 2. The lowest BCUT2D eigenvalue weighted by Gasteiger charge is -2.35. The fourth-order valence-corrected chi connectivity index (χ4v) is 4.93. The van der Waals surface area contributed by atoms with Crippen molar-refractivity contribution in [3.05, 3.63) is 95.9 Å². The van der Waals surface area contributed by atoms with E-state index in [9.17, 15) is 9.59 Å². The maximum Gasteiger partial charge on any atom is 0.254 e. The van der Waals surface area contributed by atoms with Crippen LogP contribution in [0.15, 0.2) is 83.9 Å². The highest BCUT2D eigenvalue weighted by Crippen LogP contribution is 2.32. The summed E-state index contributed by atoms with van der Waals surface area (Å²) in [6.45, 7) is 4.54. The molecule has 7 nitrogen and oxygen atoms in total. The number of amides is 2. The largest absolute Gasteiger partial charge is 0.337 e. The second-order valence-electron chi connectivity index (χ2n) is 9.10. The van der Waals surface area contributed by atoms with E-state index >= 15 is 0 Å². The first-order valence-electron chi connectivity index (χ1n) is 12.3. The standard InChI is InChI=1S/C29H27ClN4O3/c1-2-15-33(29(36)23-14-13-20-8-3-4-9-21(20)17-23)19-26(35)34-16-6-5-12-25(34)28-31-27(32-37-28)22-10-7-11-24(30)18-22/h2-4,7-11,13-14,17-18,25H,1,5-6,12,15-16,19H2. The van der Waals surface area contributed by atoms with E-state index in [4.69, 9.17) is 16.1 Å². The summed E-state index contributed by atoms with van der Waals surface area (Å²) >= 11 is 6.11. The van der Waals surface area contributed by atoms with Gasteiger partial charge >= 0.3 is 0 Å². The molecule has 5 rings (SSSR count). The quantitative estimate of drug-likeness (QED) is 0.286. The van der Waals surface area contributed by atoms with E-state index < -0.39 is 0 Å². The van der Waals surface area contributed by atoms with Gasteiger partial charge < -0.3 is 14.3 Å². The van der Waals surface area contributed by atoms with E-state index in [0.717, 1.165) is 29.2 Å². The topological polar surface area (TPSA) is 79.5 Å². The molecule has 1 unspecified atom stereocenters. The van der Waals surface area contributed by atoms with Crippen molar-refractivity contribution >= 4 is 34.2 Å². The summed E-state index contributed by atoms with van der Waals surface area (Å²) in [5, 5.41) is 6.73. The Balaban J connectivity index is 1.35. The van der Waals surface area contributed by atoms with E-state index in [1.165, 1.54) is 4.90 Å². The molecular formula is C29H27ClN4O3. The van der Waals surface area contributed by atoms with Gasteiger partial charge in [-0.25, -0.2) is 0 Å². The van der Waals surface area contributed by atoms with E-state index in [2.05, 4.69) is 16.7 Å². The lowest BCUT2D eigenvalue weighted by Crippen LogP contribution is -2.46. The van der Waals surface area contributed by atoms with Gasteiger partial charge in [-0.05, 0) is 54.3 Å². The summed E-state index contributed by atoms with van der Waals surface area (Å²) in [6, 6.07) is 20.3. The first-order chi connectivity index (χ1) is 18.0. The summed E-state index contributed by atoms with van der Waals surface area (Å²) < 4.78 is 5.59. The number of halogens is 1. The van der Waals surface area contributed by atoms with Crippen LogP contribution in [-0.2, 0) is 4.79 Å². The van der Waals surface area contributed by atoms with Crippen molar-refractivity contribution in [2.24, 2.45) is 0 Å². The molecular weight excluding hydrogens is 488 g/mol. The first kappa shape index (κ1) is 24.7. The van der Waals surface area contributed by atoms with Crippen LogP contribution >= 0.6 is 11.6 Å². The molecule has 0 saturated carbocycles. The van der Waals surface area contributed by atoms with E-state index in [1.54, 1.807) is 29.2 Å². The maximum absolute atomic E-state index is 13.5. The Bertz CT molecular complexity index is 1450. The molecule has 2 amide bonds. The number of benzene rings is 3. The van der Waals surface area contributed by atoms with Crippen molar-refractivity contribution in [2.75, 3.05) is 19.6 Å². The highest BCUT2D eigenvalue weighted by molar-refractivity contribution is 6.30. The number of fused-ring (bicyclic) bond motifs is 1. The van der Waals surface area contributed by atoms with Crippen molar-refractivity contribution in [1.29, 1.82) is 0 Å². The average molecular weight is 515 g/mol. The Kier molecular flexibility index (Phi) is 7.32. The molecule has 2 heterocycles. The molecule has 0 N–H and O–H groups in total. The molecule has 0 spiro atoms. The predicted octanol–water partition coefficient (Wildman–Crippen LogP) is 5.93. The number of aromatic nitrogens is 2. The van der Waals surface area contributed by atoms with Gasteiger partial charge in [0.25, 0.3) is 5.91 Å². The molecule has 4 aromatic rings. The normalized spacial score (nSPS) is 15.5. The SMILES string of the molecule is C=CCN(CC(=O)N1CCCCC1c1nc(-c2cccc(Cl)c2)no1)C(=O)c1ccc2ccccc2c1. The smallest absolute Gasteiger partial charge is 0.254 e. The summed E-state index contributed by atoms with van der Waals surface area (Å²) in [6.07, 6.45) is 4.16. The van der Waals surface area contributed by atoms with Crippen LogP contribution in [0.2, 0.25) is 5.02 Å². The Morgan fingerprint density at radius 1 is 1.08 bits per heavy atom. The lowest BCUT2D eigenvalue weighted by atomic mass is 10.0. The van der Waals surface area contributed by atoms with E-state index in [1.807, 2.05) is 48.5 Å². The minimum Gasteiger partial charge on any atom is -0.337 e. The van der Waals surface area contributed by atoms with Crippen LogP contribution in [0.4, 0.5) is 0 Å². The molecule has 1 fully saturated rings. The van der Waals surface area contributed by atoms with Gasteiger partial charge in [-0.15, -0.1) is 6.58 Å². The van der Waals surface area contributed by atoms with Crippen molar-refractivity contribution in [2.45, 2.75) is 25.3 Å². The van der Waals surface area contributed by atoms with Gasteiger partial charge in [0.1, 0.15) is 12.6 Å². The summed E-state index contributed by atoms with van der Waals surface area (Å²) in [7, 11) is 0. The molecule has 0 bridgehead atoms. The minimum atomic E-state index is -0.344. The Hall–Kier alpha value is -3.97. The van der Waals surface area contributed by atoms with Gasteiger partial charge in [-0.3, -0.25) is 9.59 Å². The Labute approximate surface area is 220 Å². The number of carbonyl (C=O) groups is 2. The zero-order chi connectivity index (χ0) is 25.8. The van der Waals surface area contributed by atoms with Crippen LogP contribution in [0.1, 0.15) is 41.6 Å². The third-order valence-corrected chi connectivity index (χ3v) is 6.83. The molecule has 0 radical (unpaired) electrons. The zero-order valence-electron chi connectivity index (χ0n) is 20.3. The molecule has 1 aliphatic rings. The zero-order valence-corrected chi connectivity index (χ0v) is 21.1. The van der Waals surface area contributed by atoms with Gasteiger partial charge in [0, 0.05) is 29.2 Å². The third-order valence-electron chi connectivity index (χ3n) is 6.59. The number of rotatable bonds is 7. The third kappa shape index (κ3) is 5.42. The lowest BCUT2D eigenvalue weighted by molar-refractivity contribution is -0.136. The van der Waals surface area contributed by atoms with Crippen molar-refractivity contribution in [3.8, 4) is 11.4 Å². The number of piperidine rings is 1. The van der Waals surface area contributed by atoms with Crippen molar-refractivity contribution in [1.82, 2.24) is 19.9 Å². The summed E-state index contributed by atoms with van der Waals surface area (Å²) in [5.74, 6) is 0.436.